The Morgan fingerprint density at radius 1 is 1.21 bits per heavy atom. The molecule has 0 saturated heterocycles. The molecule has 0 heterocycles. The fourth-order valence-corrected chi connectivity index (χ4v) is 2.91. The maximum Gasteiger partial charge on any atom is 0.252 e. The number of hydrogen-bond acceptors (Lipinski definition) is 1. The van der Waals surface area contributed by atoms with Gasteiger partial charge in [-0.3, -0.25) is 4.79 Å². The second kappa shape index (κ2) is 4.60. The fourth-order valence-electron chi connectivity index (χ4n) is 2.21. The van der Waals surface area contributed by atoms with E-state index in [4.69, 9.17) is 0 Å². The summed E-state index contributed by atoms with van der Waals surface area (Å²) in [6, 6.07) is 9.96. The van der Waals surface area contributed by atoms with Crippen molar-refractivity contribution in [2.24, 2.45) is 0 Å². The van der Waals surface area contributed by atoms with E-state index in [-0.39, 0.29) is 17.3 Å². The minimum absolute atomic E-state index is 0.105. The van der Waals surface area contributed by atoms with Crippen molar-refractivity contribution in [1.82, 2.24) is 5.32 Å². The van der Waals surface area contributed by atoms with Crippen LogP contribution in [0.4, 0.5) is 4.39 Å². The molecule has 2 aromatic carbocycles. The highest BCUT2D eigenvalue weighted by Crippen LogP contribution is 2.37. The van der Waals surface area contributed by atoms with Crippen molar-refractivity contribution in [1.29, 1.82) is 0 Å². The predicted molar refractivity (Wildman–Crippen MR) is 77.1 cm³/mol. The Balaban J connectivity index is 2.01. The molecule has 3 rings (SSSR count). The zero-order valence-corrected chi connectivity index (χ0v) is 11.8. The van der Waals surface area contributed by atoms with Crippen LogP contribution in [0, 0.1) is 5.82 Å². The Bertz CT molecular complexity index is 652. The van der Waals surface area contributed by atoms with Crippen LogP contribution in [0.25, 0.3) is 10.8 Å². The second-order valence-corrected chi connectivity index (χ2v) is 5.57. The Labute approximate surface area is 119 Å². The molecule has 4 heteroatoms. The Morgan fingerprint density at radius 2 is 1.89 bits per heavy atom. The molecular formula is C15H13BrFNO. The fraction of sp³-hybridized carbons (Fsp3) is 0.267. The van der Waals surface area contributed by atoms with Gasteiger partial charge < -0.3 is 5.32 Å². The molecule has 0 radical (unpaired) electrons. The number of nitrogens with one attached hydrogen (secondary N) is 1. The first-order valence-corrected chi connectivity index (χ1v) is 7.33. The molecule has 98 valence electrons. The van der Waals surface area contributed by atoms with Gasteiger partial charge in [-0.2, -0.15) is 0 Å². The highest BCUT2D eigenvalue weighted by atomic mass is 79.9. The molecule has 19 heavy (non-hydrogen) atoms. The van der Waals surface area contributed by atoms with Crippen molar-refractivity contribution in [3.63, 3.8) is 0 Å². The smallest absolute Gasteiger partial charge is 0.252 e. The lowest BCUT2D eigenvalue weighted by Crippen LogP contribution is -2.38. The summed E-state index contributed by atoms with van der Waals surface area (Å²) >= 11 is 3.42. The van der Waals surface area contributed by atoms with Crippen molar-refractivity contribution < 1.29 is 9.18 Å². The van der Waals surface area contributed by atoms with Crippen LogP contribution in [-0.2, 0) is 0 Å². The predicted octanol–water partition coefficient (Wildman–Crippen LogP) is 3.64. The first-order valence-electron chi connectivity index (χ1n) is 6.21. The summed E-state index contributed by atoms with van der Waals surface area (Å²) in [5.74, 6) is -0.429. The zero-order valence-electron chi connectivity index (χ0n) is 10.2. The van der Waals surface area contributed by atoms with Crippen molar-refractivity contribution in [2.45, 2.75) is 18.4 Å². The minimum Gasteiger partial charge on any atom is -0.346 e. The molecule has 0 aliphatic heterocycles. The van der Waals surface area contributed by atoms with Crippen LogP contribution in [-0.4, -0.2) is 16.8 Å². The number of alkyl halides is 1. The summed E-state index contributed by atoms with van der Waals surface area (Å²) in [5, 5.41) is 4.93. The molecule has 1 amide bonds. The Morgan fingerprint density at radius 3 is 2.53 bits per heavy atom. The summed E-state index contributed by atoms with van der Waals surface area (Å²) in [5.41, 5.74) is 0.427. The standard InChI is InChI=1S/C15H13BrFNO/c16-9-15(7-8-15)18-14(19)12-5-6-13(17)11-4-2-1-3-10(11)12/h1-6H,7-9H2,(H,18,19). The quantitative estimate of drug-likeness (QED) is 0.859. The first-order chi connectivity index (χ1) is 9.15. The van der Waals surface area contributed by atoms with E-state index in [1.54, 1.807) is 24.3 Å². The van der Waals surface area contributed by atoms with Crippen molar-refractivity contribution in [3.8, 4) is 0 Å². The number of fused-ring (bicyclic) bond motifs is 1. The third kappa shape index (κ3) is 2.25. The number of benzene rings is 2. The molecule has 2 aromatic rings. The van der Waals surface area contributed by atoms with E-state index in [0.29, 0.717) is 16.3 Å². The second-order valence-electron chi connectivity index (χ2n) is 5.01. The van der Waals surface area contributed by atoms with Crippen LogP contribution >= 0.6 is 15.9 Å². The first kappa shape index (κ1) is 12.6. The monoisotopic (exact) mass is 321 g/mol. The molecule has 0 aromatic heterocycles. The van der Waals surface area contributed by atoms with Crippen LogP contribution in [0.5, 0.6) is 0 Å². The molecule has 0 unspecified atom stereocenters. The lowest BCUT2D eigenvalue weighted by molar-refractivity contribution is 0.0938. The summed E-state index contributed by atoms with van der Waals surface area (Å²) in [6.45, 7) is 0. The van der Waals surface area contributed by atoms with E-state index in [0.717, 1.165) is 18.2 Å². The number of amides is 1. The van der Waals surface area contributed by atoms with Gasteiger partial charge in [0.25, 0.3) is 5.91 Å². The van der Waals surface area contributed by atoms with E-state index in [1.165, 1.54) is 6.07 Å². The molecule has 0 spiro atoms. The van der Waals surface area contributed by atoms with Crippen molar-refractivity contribution in [3.05, 3.63) is 47.8 Å². The van der Waals surface area contributed by atoms with Gasteiger partial charge in [0.2, 0.25) is 0 Å². The molecule has 1 aliphatic carbocycles. The summed E-state index contributed by atoms with van der Waals surface area (Å²) < 4.78 is 13.7. The Kier molecular flexibility index (Phi) is 3.05. The maximum atomic E-state index is 13.7. The lowest BCUT2D eigenvalue weighted by Gasteiger charge is -2.15. The number of carbonyl (C=O) groups excluding carboxylic acids is 1. The van der Waals surface area contributed by atoms with E-state index in [2.05, 4.69) is 21.2 Å². The molecule has 1 N–H and O–H groups in total. The van der Waals surface area contributed by atoms with Gasteiger partial charge in [-0.15, -0.1) is 0 Å². The van der Waals surface area contributed by atoms with Gasteiger partial charge in [0.15, 0.2) is 0 Å². The molecule has 2 nitrogen and oxygen atoms in total. The van der Waals surface area contributed by atoms with Crippen molar-refractivity contribution in [2.75, 3.05) is 5.33 Å². The highest BCUT2D eigenvalue weighted by molar-refractivity contribution is 9.09. The number of carbonyl (C=O) groups is 1. The van der Waals surface area contributed by atoms with Crippen LogP contribution in [0.1, 0.15) is 23.2 Å². The van der Waals surface area contributed by atoms with Gasteiger partial charge in [-0.1, -0.05) is 40.2 Å². The van der Waals surface area contributed by atoms with Gasteiger partial charge in [0.1, 0.15) is 5.82 Å². The molecule has 1 aliphatic rings. The van der Waals surface area contributed by atoms with Gasteiger partial charge in [-0.05, 0) is 30.4 Å². The molecule has 1 saturated carbocycles. The maximum absolute atomic E-state index is 13.7. The van der Waals surface area contributed by atoms with Gasteiger partial charge in [-0.25, -0.2) is 4.39 Å². The van der Waals surface area contributed by atoms with Crippen LogP contribution in [0.2, 0.25) is 0 Å². The summed E-state index contributed by atoms with van der Waals surface area (Å²) in [7, 11) is 0. The average molecular weight is 322 g/mol. The molecule has 1 fully saturated rings. The zero-order chi connectivity index (χ0) is 13.5. The Hall–Kier alpha value is -1.42. The lowest BCUT2D eigenvalue weighted by atomic mass is 10.0. The number of hydrogen-bond donors (Lipinski definition) is 1. The average Bonchev–Trinajstić information content (AvgIpc) is 3.19. The van der Waals surface area contributed by atoms with E-state index >= 15 is 0 Å². The van der Waals surface area contributed by atoms with Crippen LogP contribution in [0.15, 0.2) is 36.4 Å². The van der Waals surface area contributed by atoms with Crippen molar-refractivity contribution >= 4 is 32.6 Å². The van der Waals surface area contributed by atoms with E-state index in [9.17, 15) is 9.18 Å². The van der Waals surface area contributed by atoms with Crippen LogP contribution < -0.4 is 5.32 Å². The van der Waals surface area contributed by atoms with E-state index < -0.39 is 0 Å². The van der Waals surface area contributed by atoms with Gasteiger partial charge in [0.05, 0.1) is 5.54 Å². The highest BCUT2D eigenvalue weighted by Gasteiger charge is 2.43. The molecule has 0 atom stereocenters. The minimum atomic E-state index is -0.297. The van der Waals surface area contributed by atoms with Gasteiger partial charge in [0, 0.05) is 16.3 Å². The van der Waals surface area contributed by atoms with E-state index in [1.807, 2.05) is 6.07 Å². The summed E-state index contributed by atoms with van der Waals surface area (Å²) in [4.78, 5) is 12.3. The third-order valence-electron chi connectivity index (χ3n) is 3.60. The SMILES string of the molecule is O=C(NC1(CBr)CC1)c1ccc(F)c2ccccc12. The third-order valence-corrected chi connectivity index (χ3v) is 4.68. The van der Waals surface area contributed by atoms with Crippen LogP contribution in [0.3, 0.4) is 0 Å². The molecular weight excluding hydrogens is 309 g/mol. The number of halogens is 2. The van der Waals surface area contributed by atoms with Gasteiger partial charge >= 0.3 is 0 Å². The normalized spacial score (nSPS) is 16.3. The topological polar surface area (TPSA) is 29.1 Å². The summed E-state index contributed by atoms with van der Waals surface area (Å²) in [6.07, 6.45) is 1.98. The molecule has 0 bridgehead atoms. The largest absolute Gasteiger partial charge is 0.346 e. The number of rotatable bonds is 3.